The highest BCUT2D eigenvalue weighted by molar-refractivity contribution is 5.92. The third kappa shape index (κ3) is 2.03. The van der Waals surface area contributed by atoms with Crippen LogP contribution in [0.25, 0.3) is 0 Å². The molecule has 0 atom stereocenters. The Morgan fingerprint density at radius 2 is 2.28 bits per heavy atom. The van der Waals surface area contributed by atoms with E-state index in [9.17, 15) is 4.79 Å². The number of morpholine rings is 1. The van der Waals surface area contributed by atoms with E-state index in [1.165, 1.54) is 12.8 Å². The number of aromatic amines is 1. The summed E-state index contributed by atoms with van der Waals surface area (Å²) in [5, 5.41) is 6.87. The van der Waals surface area contributed by atoms with Gasteiger partial charge >= 0.3 is 0 Å². The zero-order valence-electron chi connectivity index (χ0n) is 10.7. The quantitative estimate of drug-likeness (QED) is 0.820. The van der Waals surface area contributed by atoms with Crippen LogP contribution in [0, 0.1) is 6.92 Å². The molecule has 2 heterocycles. The van der Waals surface area contributed by atoms with Crippen molar-refractivity contribution in [2.75, 3.05) is 19.7 Å². The van der Waals surface area contributed by atoms with Gasteiger partial charge in [0.05, 0.1) is 18.8 Å². The largest absolute Gasteiger partial charge is 0.371 e. The average Bonchev–Trinajstić information content (AvgIpc) is 2.98. The molecule has 1 aliphatic heterocycles. The summed E-state index contributed by atoms with van der Waals surface area (Å²) in [7, 11) is 0. The smallest absolute Gasteiger partial charge is 0.274 e. The topological polar surface area (TPSA) is 58.2 Å². The van der Waals surface area contributed by atoms with E-state index in [-0.39, 0.29) is 11.5 Å². The molecule has 2 aliphatic rings. The second-order valence-electron chi connectivity index (χ2n) is 5.40. The Morgan fingerprint density at radius 1 is 1.50 bits per heavy atom. The van der Waals surface area contributed by atoms with Gasteiger partial charge in [-0.3, -0.25) is 9.89 Å². The van der Waals surface area contributed by atoms with Crippen LogP contribution >= 0.6 is 0 Å². The second-order valence-corrected chi connectivity index (χ2v) is 5.40. The maximum atomic E-state index is 12.3. The van der Waals surface area contributed by atoms with E-state index in [1.54, 1.807) is 6.07 Å². The van der Waals surface area contributed by atoms with Crippen LogP contribution in [0.4, 0.5) is 0 Å². The number of aryl methyl sites for hydroxylation is 1. The molecule has 2 fully saturated rings. The monoisotopic (exact) mass is 249 g/mol. The molecule has 1 aromatic heterocycles. The minimum Gasteiger partial charge on any atom is -0.371 e. The second kappa shape index (κ2) is 4.39. The van der Waals surface area contributed by atoms with E-state index in [4.69, 9.17) is 4.74 Å². The Kier molecular flexibility index (Phi) is 2.86. The van der Waals surface area contributed by atoms with E-state index in [0.29, 0.717) is 18.8 Å². The predicted molar refractivity (Wildman–Crippen MR) is 66.4 cm³/mol. The molecule has 5 heteroatoms. The first kappa shape index (κ1) is 11.7. The van der Waals surface area contributed by atoms with Crippen LogP contribution < -0.4 is 0 Å². The molecular formula is C13H19N3O2. The van der Waals surface area contributed by atoms with Crippen molar-refractivity contribution >= 4 is 5.91 Å². The van der Waals surface area contributed by atoms with Gasteiger partial charge in [-0.1, -0.05) is 12.8 Å². The number of nitrogens with zero attached hydrogens (tertiary/aromatic N) is 2. The van der Waals surface area contributed by atoms with Crippen molar-refractivity contribution in [3.63, 3.8) is 0 Å². The molecule has 1 saturated heterocycles. The number of carbonyl (C=O) groups excluding carboxylic acids is 1. The molecule has 1 amide bonds. The van der Waals surface area contributed by atoms with Gasteiger partial charge in [-0.25, -0.2) is 0 Å². The summed E-state index contributed by atoms with van der Waals surface area (Å²) in [6, 6.07) is 1.80. The highest BCUT2D eigenvalue weighted by Gasteiger charge is 2.40. The maximum absolute atomic E-state index is 12.3. The lowest BCUT2D eigenvalue weighted by molar-refractivity contribution is -0.0949. The summed E-state index contributed by atoms with van der Waals surface area (Å²) in [6.45, 7) is 3.95. The molecule has 1 N–H and O–H groups in total. The number of aromatic nitrogens is 2. The molecule has 0 unspecified atom stereocenters. The number of rotatable bonds is 1. The lowest BCUT2D eigenvalue weighted by Crippen LogP contribution is -2.52. The minimum atomic E-state index is -0.0702. The van der Waals surface area contributed by atoms with Crippen molar-refractivity contribution in [2.45, 2.75) is 38.2 Å². The Balaban J connectivity index is 1.74. The molecule has 5 nitrogen and oxygen atoms in total. The zero-order chi connectivity index (χ0) is 12.6. The van der Waals surface area contributed by atoms with Gasteiger partial charge in [0.2, 0.25) is 0 Å². The highest BCUT2D eigenvalue weighted by atomic mass is 16.5. The Hall–Kier alpha value is -1.36. The van der Waals surface area contributed by atoms with Crippen LogP contribution in [0.5, 0.6) is 0 Å². The standard InChI is InChI=1S/C13H19N3O2/c1-10-8-11(15-14-10)12(17)16-6-7-18-13(9-16)4-2-3-5-13/h8H,2-7,9H2,1H3,(H,14,15). The Bertz CT molecular complexity index is 449. The first-order valence-electron chi connectivity index (χ1n) is 6.64. The summed E-state index contributed by atoms with van der Waals surface area (Å²) in [6.07, 6.45) is 4.58. The van der Waals surface area contributed by atoms with E-state index in [1.807, 2.05) is 11.8 Å². The minimum absolute atomic E-state index is 0.0222. The lowest BCUT2D eigenvalue weighted by Gasteiger charge is -2.40. The van der Waals surface area contributed by atoms with Crippen molar-refractivity contribution in [3.05, 3.63) is 17.5 Å². The van der Waals surface area contributed by atoms with Crippen LogP contribution in [0.15, 0.2) is 6.07 Å². The van der Waals surface area contributed by atoms with Crippen molar-refractivity contribution in [2.24, 2.45) is 0 Å². The number of ether oxygens (including phenoxy) is 1. The average molecular weight is 249 g/mol. The number of amides is 1. The number of carbonyl (C=O) groups is 1. The maximum Gasteiger partial charge on any atom is 0.274 e. The molecule has 1 spiro atoms. The summed E-state index contributed by atoms with van der Waals surface area (Å²) in [5.74, 6) is 0.0222. The molecular weight excluding hydrogens is 230 g/mol. The van der Waals surface area contributed by atoms with Gasteiger partial charge in [-0.15, -0.1) is 0 Å². The number of H-pyrrole nitrogens is 1. The van der Waals surface area contributed by atoms with Gasteiger partial charge < -0.3 is 9.64 Å². The SMILES string of the molecule is Cc1cc(C(=O)N2CCOC3(CCCC3)C2)n[nH]1. The molecule has 1 aliphatic carbocycles. The van der Waals surface area contributed by atoms with Crippen LogP contribution in [-0.4, -0.2) is 46.3 Å². The van der Waals surface area contributed by atoms with E-state index < -0.39 is 0 Å². The Morgan fingerprint density at radius 3 is 2.94 bits per heavy atom. The fourth-order valence-electron chi connectivity index (χ4n) is 3.03. The summed E-state index contributed by atoms with van der Waals surface area (Å²) < 4.78 is 5.93. The molecule has 0 aromatic carbocycles. The van der Waals surface area contributed by atoms with Crippen LogP contribution in [0.1, 0.15) is 41.9 Å². The molecule has 0 bridgehead atoms. The van der Waals surface area contributed by atoms with Gasteiger partial charge in [-0.2, -0.15) is 5.10 Å². The van der Waals surface area contributed by atoms with Crippen LogP contribution in [0.2, 0.25) is 0 Å². The van der Waals surface area contributed by atoms with Crippen molar-refractivity contribution < 1.29 is 9.53 Å². The first-order valence-corrected chi connectivity index (χ1v) is 6.64. The van der Waals surface area contributed by atoms with Crippen molar-refractivity contribution in [1.82, 2.24) is 15.1 Å². The fourth-order valence-corrected chi connectivity index (χ4v) is 3.03. The van der Waals surface area contributed by atoms with Crippen LogP contribution in [0.3, 0.4) is 0 Å². The third-order valence-electron chi connectivity index (χ3n) is 3.98. The van der Waals surface area contributed by atoms with Crippen molar-refractivity contribution in [3.8, 4) is 0 Å². The Labute approximate surface area is 107 Å². The highest BCUT2D eigenvalue weighted by Crippen LogP contribution is 2.36. The zero-order valence-corrected chi connectivity index (χ0v) is 10.7. The van der Waals surface area contributed by atoms with Crippen LogP contribution in [-0.2, 0) is 4.74 Å². The third-order valence-corrected chi connectivity index (χ3v) is 3.98. The lowest BCUT2D eigenvalue weighted by atomic mass is 9.99. The van der Waals surface area contributed by atoms with Gasteiger partial charge in [0, 0.05) is 12.2 Å². The van der Waals surface area contributed by atoms with E-state index in [2.05, 4.69) is 10.2 Å². The fraction of sp³-hybridized carbons (Fsp3) is 0.692. The summed E-state index contributed by atoms with van der Waals surface area (Å²) in [4.78, 5) is 14.2. The van der Waals surface area contributed by atoms with Gasteiger partial charge in [0.15, 0.2) is 0 Å². The van der Waals surface area contributed by atoms with Gasteiger partial charge in [0.1, 0.15) is 5.69 Å². The molecule has 1 saturated carbocycles. The first-order chi connectivity index (χ1) is 8.69. The number of hydrogen-bond acceptors (Lipinski definition) is 3. The van der Waals surface area contributed by atoms with Gasteiger partial charge in [-0.05, 0) is 25.8 Å². The summed E-state index contributed by atoms with van der Waals surface area (Å²) >= 11 is 0. The predicted octanol–water partition coefficient (Wildman–Crippen LogP) is 1.50. The molecule has 18 heavy (non-hydrogen) atoms. The molecule has 3 rings (SSSR count). The van der Waals surface area contributed by atoms with E-state index >= 15 is 0 Å². The molecule has 1 aromatic rings. The number of nitrogens with one attached hydrogen (secondary N) is 1. The van der Waals surface area contributed by atoms with E-state index in [0.717, 1.165) is 25.1 Å². The number of hydrogen-bond donors (Lipinski definition) is 1. The van der Waals surface area contributed by atoms with Gasteiger partial charge in [0.25, 0.3) is 5.91 Å². The summed E-state index contributed by atoms with van der Waals surface area (Å²) in [5.41, 5.74) is 1.36. The van der Waals surface area contributed by atoms with Crippen molar-refractivity contribution in [1.29, 1.82) is 0 Å². The normalized spacial score (nSPS) is 22.6. The molecule has 98 valence electrons. The molecule has 0 radical (unpaired) electrons.